The quantitative estimate of drug-likeness (QED) is 0.887. The van der Waals surface area contributed by atoms with Gasteiger partial charge in [0.25, 0.3) is 0 Å². The van der Waals surface area contributed by atoms with E-state index in [0.29, 0.717) is 12.0 Å². The van der Waals surface area contributed by atoms with E-state index >= 15 is 0 Å². The summed E-state index contributed by atoms with van der Waals surface area (Å²) >= 11 is 5.26. The van der Waals surface area contributed by atoms with E-state index in [1.165, 1.54) is 21.5 Å². The van der Waals surface area contributed by atoms with Crippen LogP contribution in [0.3, 0.4) is 0 Å². The molecule has 0 aliphatic heterocycles. The Morgan fingerprint density at radius 1 is 1.47 bits per heavy atom. The van der Waals surface area contributed by atoms with Crippen LogP contribution in [0.15, 0.2) is 15.9 Å². The number of hydrogen-bond acceptors (Lipinski definition) is 3. The topological polar surface area (TPSA) is 32.3 Å². The minimum atomic E-state index is -0.0986. The van der Waals surface area contributed by atoms with Gasteiger partial charge in [0.15, 0.2) is 0 Å². The Balaban J connectivity index is 1.81. The molecule has 17 heavy (non-hydrogen) atoms. The van der Waals surface area contributed by atoms with E-state index in [-0.39, 0.29) is 6.10 Å². The Hall–Kier alpha value is 0.1000. The first-order valence-corrected chi connectivity index (χ1v) is 7.94. The van der Waals surface area contributed by atoms with Gasteiger partial charge >= 0.3 is 0 Å². The summed E-state index contributed by atoms with van der Waals surface area (Å²) in [6.45, 7) is 3.12. The maximum Gasteiger partial charge on any atom is 0.0701 e. The summed E-state index contributed by atoms with van der Waals surface area (Å²) in [5.74, 6) is 0.439. The van der Waals surface area contributed by atoms with E-state index < -0.39 is 0 Å². The summed E-state index contributed by atoms with van der Waals surface area (Å²) < 4.78 is 1.18. The van der Waals surface area contributed by atoms with Gasteiger partial charge in [0.05, 0.1) is 9.89 Å². The number of halogens is 1. The minimum Gasteiger partial charge on any atom is -0.393 e. The summed E-state index contributed by atoms with van der Waals surface area (Å²) in [5, 5.41) is 13.5. The summed E-state index contributed by atoms with van der Waals surface area (Å²) in [4.78, 5) is 1.35. The van der Waals surface area contributed by atoms with Crippen molar-refractivity contribution < 1.29 is 5.11 Å². The van der Waals surface area contributed by atoms with Crippen LogP contribution in [0.1, 0.15) is 43.5 Å². The van der Waals surface area contributed by atoms with E-state index in [9.17, 15) is 5.11 Å². The Labute approximate surface area is 116 Å². The number of nitrogens with one attached hydrogen (secondary N) is 1. The van der Waals surface area contributed by atoms with Gasteiger partial charge in [-0.1, -0.05) is 12.8 Å². The summed E-state index contributed by atoms with van der Waals surface area (Å²) in [5.41, 5.74) is 0. The number of aliphatic hydroxyl groups excluding tert-OH is 1. The zero-order valence-electron chi connectivity index (χ0n) is 10.2. The molecule has 2 N–H and O–H groups in total. The molecule has 2 rings (SSSR count). The van der Waals surface area contributed by atoms with E-state index in [0.717, 1.165) is 19.4 Å². The van der Waals surface area contributed by atoms with E-state index in [2.05, 4.69) is 40.3 Å². The molecule has 1 heterocycles. The smallest absolute Gasteiger partial charge is 0.0701 e. The molecule has 2 nitrogen and oxygen atoms in total. The first kappa shape index (κ1) is 13.5. The van der Waals surface area contributed by atoms with Crippen LogP contribution in [-0.4, -0.2) is 17.8 Å². The Bertz CT molecular complexity index is 355. The highest BCUT2D eigenvalue weighted by Crippen LogP contribution is 2.28. The highest BCUT2D eigenvalue weighted by molar-refractivity contribution is 9.11. The third kappa shape index (κ3) is 3.78. The number of hydrogen-bond donors (Lipinski definition) is 2. The van der Waals surface area contributed by atoms with Crippen LogP contribution in [0.25, 0.3) is 0 Å². The van der Waals surface area contributed by atoms with E-state index in [1.807, 2.05) is 0 Å². The second kappa shape index (κ2) is 6.32. The summed E-state index contributed by atoms with van der Waals surface area (Å²) in [7, 11) is 0. The second-order valence-electron chi connectivity index (χ2n) is 4.88. The molecule has 0 amide bonds. The minimum absolute atomic E-state index is 0.0986. The van der Waals surface area contributed by atoms with Crippen molar-refractivity contribution in [3.05, 3.63) is 20.8 Å². The van der Waals surface area contributed by atoms with Gasteiger partial charge in [0.1, 0.15) is 0 Å². The number of thiophene rings is 1. The van der Waals surface area contributed by atoms with Crippen LogP contribution in [0.4, 0.5) is 0 Å². The van der Waals surface area contributed by atoms with Crippen LogP contribution in [0.2, 0.25) is 0 Å². The van der Waals surface area contributed by atoms with Gasteiger partial charge in [-0.2, -0.15) is 0 Å². The highest BCUT2D eigenvalue weighted by Gasteiger charge is 2.23. The maximum atomic E-state index is 9.91. The average molecular weight is 318 g/mol. The molecule has 0 radical (unpaired) electrons. The SMILES string of the molecule is CC(NCC1CCCCC1O)c1ccc(Br)s1. The molecule has 1 aliphatic carbocycles. The van der Waals surface area contributed by atoms with Gasteiger partial charge in [-0.25, -0.2) is 0 Å². The van der Waals surface area contributed by atoms with Gasteiger partial charge in [-0.05, 0) is 53.7 Å². The lowest BCUT2D eigenvalue weighted by molar-refractivity contribution is 0.0684. The average Bonchev–Trinajstić information content (AvgIpc) is 2.74. The third-order valence-electron chi connectivity index (χ3n) is 3.58. The van der Waals surface area contributed by atoms with Gasteiger partial charge < -0.3 is 10.4 Å². The predicted octanol–water partition coefficient (Wildman–Crippen LogP) is 3.71. The third-order valence-corrected chi connectivity index (χ3v) is 5.38. The molecule has 1 saturated carbocycles. The monoisotopic (exact) mass is 317 g/mol. The summed E-state index contributed by atoms with van der Waals surface area (Å²) in [6.07, 6.45) is 4.49. The fourth-order valence-corrected chi connectivity index (χ4v) is 3.87. The summed E-state index contributed by atoms with van der Waals surface area (Å²) in [6, 6.07) is 4.62. The Morgan fingerprint density at radius 3 is 2.88 bits per heavy atom. The zero-order valence-corrected chi connectivity index (χ0v) is 12.6. The Kier molecular flexibility index (Phi) is 5.03. The lowest BCUT2D eigenvalue weighted by Crippen LogP contribution is -2.34. The van der Waals surface area contributed by atoms with Crippen molar-refractivity contribution in [2.75, 3.05) is 6.54 Å². The fourth-order valence-electron chi connectivity index (χ4n) is 2.42. The second-order valence-corrected chi connectivity index (χ2v) is 7.38. The molecule has 3 atom stereocenters. The molecule has 1 aromatic rings. The van der Waals surface area contributed by atoms with Crippen molar-refractivity contribution in [1.29, 1.82) is 0 Å². The lowest BCUT2D eigenvalue weighted by Gasteiger charge is -2.28. The first-order valence-electron chi connectivity index (χ1n) is 6.33. The van der Waals surface area contributed by atoms with Crippen molar-refractivity contribution in [2.24, 2.45) is 5.92 Å². The lowest BCUT2D eigenvalue weighted by atomic mass is 9.86. The molecule has 1 aromatic heterocycles. The van der Waals surface area contributed by atoms with Gasteiger partial charge in [0, 0.05) is 17.5 Å². The van der Waals surface area contributed by atoms with Crippen molar-refractivity contribution >= 4 is 27.3 Å². The molecule has 1 aliphatic rings. The standard InChI is InChI=1S/C13H20BrNOS/c1-9(12-6-7-13(14)17-12)15-8-10-4-2-3-5-11(10)16/h6-7,9-11,15-16H,2-5,8H2,1H3. The van der Waals surface area contributed by atoms with Gasteiger partial charge in [0.2, 0.25) is 0 Å². The van der Waals surface area contributed by atoms with Crippen LogP contribution < -0.4 is 5.32 Å². The Morgan fingerprint density at radius 2 is 2.24 bits per heavy atom. The molecule has 96 valence electrons. The molecule has 0 aromatic carbocycles. The molecule has 0 spiro atoms. The van der Waals surface area contributed by atoms with Crippen LogP contribution in [0, 0.1) is 5.92 Å². The predicted molar refractivity (Wildman–Crippen MR) is 76.4 cm³/mol. The zero-order chi connectivity index (χ0) is 12.3. The highest BCUT2D eigenvalue weighted by atomic mass is 79.9. The van der Waals surface area contributed by atoms with E-state index in [1.54, 1.807) is 11.3 Å². The molecular weight excluding hydrogens is 298 g/mol. The van der Waals surface area contributed by atoms with E-state index in [4.69, 9.17) is 0 Å². The molecular formula is C13H20BrNOS. The normalized spacial score (nSPS) is 27.0. The number of aliphatic hydroxyl groups is 1. The molecule has 0 bridgehead atoms. The molecule has 1 fully saturated rings. The fraction of sp³-hybridized carbons (Fsp3) is 0.692. The van der Waals surface area contributed by atoms with Gasteiger partial charge in [-0.15, -0.1) is 11.3 Å². The first-order chi connectivity index (χ1) is 8.16. The van der Waals surface area contributed by atoms with Crippen molar-refractivity contribution in [1.82, 2.24) is 5.32 Å². The molecule has 4 heteroatoms. The van der Waals surface area contributed by atoms with Crippen molar-refractivity contribution in [2.45, 2.75) is 44.8 Å². The van der Waals surface area contributed by atoms with Crippen LogP contribution in [0.5, 0.6) is 0 Å². The number of rotatable bonds is 4. The molecule has 0 saturated heterocycles. The van der Waals surface area contributed by atoms with Crippen LogP contribution >= 0.6 is 27.3 Å². The van der Waals surface area contributed by atoms with Gasteiger partial charge in [-0.3, -0.25) is 0 Å². The molecule has 3 unspecified atom stereocenters. The van der Waals surface area contributed by atoms with Crippen molar-refractivity contribution in [3.63, 3.8) is 0 Å². The maximum absolute atomic E-state index is 9.91. The van der Waals surface area contributed by atoms with Crippen molar-refractivity contribution in [3.8, 4) is 0 Å². The largest absolute Gasteiger partial charge is 0.393 e. The van der Waals surface area contributed by atoms with Crippen LogP contribution in [-0.2, 0) is 0 Å².